The zero-order valence-corrected chi connectivity index (χ0v) is 17.5. The summed E-state index contributed by atoms with van der Waals surface area (Å²) in [5.74, 6) is 0.324. The van der Waals surface area contributed by atoms with E-state index in [1.807, 2.05) is 7.05 Å². The number of anilines is 1. The van der Waals surface area contributed by atoms with Crippen molar-refractivity contribution in [1.29, 1.82) is 0 Å². The third-order valence-corrected chi connectivity index (χ3v) is 5.87. The molecule has 3 rings (SSSR count). The van der Waals surface area contributed by atoms with Crippen molar-refractivity contribution in [2.45, 2.75) is 27.7 Å². The Bertz CT molecular complexity index is 941. The van der Waals surface area contributed by atoms with Crippen LogP contribution in [-0.4, -0.2) is 51.5 Å². The maximum absolute atomic E-state index is 13.2. The minimum absolute atomic E-state index is 0.108. The Kier molecular flexibility index (Phi) is 5.92. The zero-order valence-electron chi connectivity index (χ0n) is 16.7. The molecule has 7 heteroatoms. The van der Waals surface area contributed by atoms with Crippen molar-refractivity contribution in [3.63, 3.8) is 0 Å². The van der Waals surface area contributed by atoms with E-state index in [1.165, 1.54) is 5.56 Å². The summed E-state index contributed by atoms with van der Waals surface area (Å²) in [7, 11) is 1.84. The van der Waals surface area contributed by atoms with E-state index < -0.39 is 0 Å². The number of carbonyl (C=O) groups excluding carboxylic acids is 1. The highest BCUT2D eigenvalue weighted by molar-refractivity contribution is 7.22. The summed E-state index contributed by atoms with van der Waals surface area (Å²) in [4.78, 5) is 26.4. The number of fused-ring (bicyclic) bond motifs is 1. The van der Waals surface area contributed by atoms with Crippen LogP contribution in [0.15, 0.2) is 24.5 Å². The van der Waals surface area contributed by atoms with E-state index in [1.54, 1.807) is 33.2 Å². The van der Waals surface area contributed by atoms with Crippen LogP contribution in [0.2, 0.25) is 0 Å². The molecule has 0 unspecified atom stereocenters. The summed E-state index contributed by atoms with van der Waals surface area (Å²) in [6, 6.07) is 4.27. The second kappa shape index (κ2) is 8.19. The first-order chi connectivity index (χ1) is 12.9. The number of likely N-dealkylation sites (N-methyl/N-ethyl adjacent to an activating group) is 1. The van der Waals surface area contributed by atoms with Gasteiger partial charge in [0, 0.05) is 32.5 Å². The van der Waals surface area contributed by atoms with Gasteiger partial charge >= 0.3 is 0 Å². The largest absolute Gasteiger partial charge is 0.330 e. The number of amides is 1. The number of rotatable bonds is 7. The fourth-order valence-electron chi connectivity index (χ4n) is 3.23. The van der Waals surface area contributed by atoms with E-state index in [-0.39, 0.29) is 5.91 Å². The van der Waals surface area contributed by atoms with Gasteiger partial charge in [0.15, 0.2) is 11.0 Å². The third kappa shape index (κ3) is 4.04. The van der Waals surface area contributed by atoms with Crippen LogP contribution in [0.25, 0.3) is 10.2 Å². The number of hydrogen-bond acceptors (Lipinski definition) is 5. The fourth-order valence-corrected chi connectivity index (χ4v) is 4.40. The molecule has 3 aromatic rings. The van der Waals surface area contributed by atoms with E-state index >= 15 is 0 Å². The molecule has 0 bridgehead atoms. The van der Waals surface area contributed by atoms with Crippen LogP contribution >= 0.6 is 11.3 Å². The fraction of sp³-hybridized carbons (Fsp3) is 0.450. The topological polar surface area (TPSA) is 54.3 Å². The smallest absolute Gasteiger partial charge is 0.296 e. The molecule has 0 saturated carbocycles. The zero-order chi connectivity index (χ0) is 19.6. The number of hydrogen-bond donors (Lipinski definition) is 0. The van der Waals surface area contributed by atoms with Crippen LogP contribution < -0.4 is 4.90 Å². The predicted molar refractivity (Wildman–Crippen MR) is 112 cm³/mol. The average molecular weight is 386 g/mol. The van der Waals surface area contributed by atoms with E-state index in [0.29, 0.717) is 12.4 Å². The molecule has 0 radical (unpaired) electrons. The Morgan fingerprint density at radius 3 is 2.56 bits per heavy atom. The van der Waals surface area contributed by atoms with Crippen LogP contribution in [0, 0.1) is 13.8 Å². The maximum Gasteiger partial charge on any atom is 0.296 e. The summed E-state index contributed by atoms with van der Waals surface area (Å²) in [6.45, 7) is 11.7. The summed E-state index contributed by atoms with van der Waals surface area (Å²) >= 11 is 1.57. The third-order valence-electron chi connectivity index (χ3n) is 4.84. The first kappa shape index (κ1) is 19.5. The van der Waals surface area contributed by atoms with Gasteiger partial charge in [-0.05, 0) is 44.1 Å². The molecule has 0 spiro atoms. The van der Waals surface area contributed by atoms with Crippen LogP contribution in [-0.2, 0) is 7.05 Å². The molecule has 0 N–H and O–H groups in total. The molecule has 0 atom stereocenters. The molecule has 0 fully saturated rings. The van der Waals surface area contributed by atoms with Crippen LogP contribution in [0.1, 0.15) is 35.6 Å². The minimum Gasteiger partial charge on any atom is -0.330 e. The molecule has 27 heavy (non-hydrogen) atoms. The van der Waals surface area contributed by atoms with Gasteiger partial charge in [-0.15, -0.1) is 0 Å². The normalized spacial score (nSPS) is 11.5. The first-order valence-electron chi connectivity index (χ1n) is 9.33. The molecule has 144 valence electrons. The Morgan fingerprint density at radius 1 is 1.19 bits per heavy atom. The standard InChI is InChI=1S/C20H27N5OS/c1-6-24(7-2)10-11-25(19(26)18-21-8-9-23(18)5)20-22-17-15(4)12-14(3)13-16(17)27-20/h8-9,12-13H,6-7,10-11H2,1-5H3. The molecular weight excluding hydrogens is 358 g/mol. The Hall–Kier alpha value is -2.25. The molecule has 0 aliphatic heterocycles. The number of aromatic nitrogens is 3. The van der Waals surface area contributed by atoms with Crippen molar-refractivity contribution >= 4 is 32.6 Å². The molecule has 2 aromatic heterocycles. The number of thiazole rings is 1. The monoisotopic (exact) mass is 385 g/mol. The number of nitrogens with zero attached hydrogens (tertiary/aromatic N) is 5. The maximum atomic E-state index is 13.2. The van der Waals surface area contributed by atoms with Crippen LogP contribution in [0.3, 0.4) is 0 Å². The van der Waals surface area contributed by atoms with Crippen molar-refractivity contribution in [3.8, 4) is 0 Å². The molecular formula is C20H27N5OS. The second-order valence-corrected chi connectivity index (χ2v) is 7.78. The first-order valence-corrected chi connectivity index (χ1v) is 10.2. The molecule has 2 heterocycles. The quantitative estimate of drug-likeness (QED) is 0.623. The van der Waals surface area contributed by atoms with Gasteiger partial charge in [-0.25, -0.2) is 9.97 Å². The Labute approximate surface area is 164 Å². The van der Waals surface area contributed by atoms with E-state index in [9.17, 15) is 4.79 Å². The second-order valence-electron chi connectivity index (χ2n) is 6.77. The SMILES string of the molecule is CCN(CC)CCN(C(=O)c1nccn1C)c1nc2c(C)cc(C)cc2s1. The molecule has 0 aliphatic carbocycles. The highest BCUT2D eigenvalue weighted by atomic mass is 32.1. The Morgan fingerprint density at radius 2 is 1.93 bits per heavy atom. The molecule has 0 aliphatic rings. The van der Waals surface area contributed by atoms with E-state index in [4.69, 9.17) is 4.98 Å². The lowest BCUT2D eigenvalue weighted by molar-refractivity contribution is 0.0971. The lowest BCUT2D eigenvalue weighted by Gasteiger charge is -2.24. The van der Waals surface area contributed by atoms with Crippen LogP contribution in [0.4, 0.5) is 5.13 Å². The molecule has 0 saturated heterocycles. The van der Waals surface area contributed by atoms with Gasteiger partial charge in [-0.1, -0.05) is 31.3 Å². The summed E-state index contributed by atoms with van der Waals surface area (Å²) in [5.41, 5.74) is 3.32. The lowest BCUT2D eigenvalue weighted by atomic mass is 10.1. The van der Waals surface area contributed by atoms with E-state index in [0.717, 1.165) is 40.5 Å². The van der Waals surface area contributed by atoms with Crippen molar-refractivity contribution in [2.75, 3.05) is 31.1 Å². The predicted octanol–water partition coefficient (Wildman–Crippen LogP) is 3.64. The van der Waals surface area contributed by atoms with Crippen molar-refractivity contribution in [2.24, 2.45) is 7.05 Å². The van der Waals surface area contributed by atoms with Gasteiger partial charge in [0.2, 0.25) is 0 Å². The average Bonchev–Trinajstić information content (AvgIpc) is 3.24. The summed E-state index contributed by atoms with van der Waals surface area (Å²) in [6.07, 6.45) is 3.45. The number of imidazole rings is 1. The van der Waals surface area contributed by atoms with Gasteiger partial charge in [-0.2, -0.15) is 0 Å². The van der Waals surface area contributed by atoms with Gasteiger partial charge in [-0.3, -0.25) is 9.69 Å². The summed E-state index contributed by atoms with van der Waals surface area (Å²) in [5, 5.41) is 0.735. The van der Waals surface area contributed by atoms with E-state index in [2.05, 4.69) is 49.7 Å². The van der Waals surface area contributed by atoms with Gasteiger partial charge < -0.3 is 9.47 Å². The molecule has 6 nitrogen and oxygen atoms in total. The number of benzene rings is 1. The molecule has 1 amide bonds. The van der Waals surface area contributed by atoms with Gasteiger partial charge in [0.1, 0.15) is 0 Å². The van der Waals surface area contributed by atoms with Gasteiger partial charge in [0.25, 0.3) is 5.91 Å². The van der Waals surface area contributed by atoms with Crippen LogP contribution in [0.5, 0.6) is 0 Å². The highest BCUT2D eigenvalue weighted by Crippen LogP contribution is 2.32. The number of carbonyl (C=O) groups is 1. The highest BCUT2D eigenvalue weighted by Gasteiger charge is 2.25. The van der Waals surface area contributed by atoms with Crippen molar-refractivity contribution in [3.05, 3.63) is 41.5 Å². The molecule has 1 aromatic carbocycles. The van der Waals surface area contributed by atoms with Gasteiger partial charge in [0.05, 0.1) is 10.2 Å². The Balaban J connectivity index is 1.99. The lowest BCUT2D eigenvalue weighted by Crippen LogP contribution is -2.39. The summed E-state index contributed by atoms with van der Waals surface area (Å²) < 4.78 is 2.87. The van der Waals surface area contributed by atoms with Crippen molar-refractivity contribution < 1.29 is 4.79 Å². The van der Waals surface area contributed by atoms with Crippen molar-refractivity contribution in [1.82, 2.24) is 19.4 Å². The minimum atomic E-state index is -0.108. The number of aryl methyl sites for hydroxylation is 3.